The van der Waals surface area contributed by atoms with Gasteiger partial charge in [0.1, 0.15) is 5.75 Å². The highest BCUT2D eigenvalue weighted by Crippen LogP contribution is 2.36. The molecule has 1 unspecified atom stereocenters. The number of hydrogen-bond acceptors (Lipinski definition) is 2. The molecule has 1 atom stereocenters. The number of rotatable bonds is 5. The SMILES string of the molecule is CNc1ccc(Cl)c(OCC(F)(F)C(F)C(F)(F)F)c1. The minimum Gasteiger partial charge on any atom is -0.486 e. The fourth-order valence-corrected chi connectivity index (χ4v) is 1.43. The minimum atomic E-state index is -5.66. The Morgan fingerprint density at radius 1 is 1.25 bits per heavy atom. The molecular formula is C11H10ClF6NO. The van der Waals surface area contributed by atoms with Gasteiger partial charge in [0, 0.05) is 18.8 Å². The molecule has 1 aromatic rings. The number of benzene rings is 1. The Morgan fingerprint density at radius 3 is 2.35 bits per heavy atom. The van der Waals surface area contributed by atoms with Crippen LogP contribution in [0.25, 0.3) is 0 Å². The molecule has 0 spiro atoms. The van der Waals surface area contributed by atoms with Crippen LogP contribution in [0, 0.1) is 0 Å². The molecular weight excluding hydrogens is 312 g/mol. The van der Waals surface area contributed by atoms with Gasteiger partial charge in [0.2, 0.25) is 0 Å². The molecule has 0 aliphatic heterocycles. The largest absolute Gasteiger partial charge is 0.486 e. The van der Waals surface area contributed by atoms with E-state index in [-0.39, 0.29) is 10.8 Å². The van der Waals surface area contributed by atoms with Crippen molar-refractivity contribution in [3.63, 3.8) is 0 Å². The van der Waals surface area contributed by atoms with Crippen molar-refractivity contribution in [1.29, 1.82) is 0 Å². The molecule has 0 saturated carbocycles. The van der Waals surface area contributed by atoms with Crippen molar-refractivity contribution in [2.24, 2.45) is 0 Å². The first-order valence-electron chi connectivity index (χ1n) is 5.26. The second kappa shape index (κ2) is 5.99. The first-order chi connectivity index (χ1) is 9.08. The van der Waals surface area contributed by atoms with Gasteiger partial charge in [-0.3, -0.25) is 0 Å². The summed E-state index contributed by atoms with van der Waals surface area (Å²) in [5, 5.41) is 2.58. The fraction of sp³-hybridized carbons (Fsp3) is 0.455. The molecule has 9 heteroatoms. The van der Waals surface area contributed by atoms with Crippen LogP contribution in [-0.2, 0) is 0 Å². The molecule has 0 heterocycles. The number of ether oxygens (including phenoxy) is 1. The first-order valence-corrected chi connectivity index (χ1v) is 5.64. The van der Waals surface area contributed by atoms with Crippen molar-refractivity contribution in [3.05, 3.63) is 23.2 Å². The Kier molecular flexibility index (Phi) is 5.01. The smallest absolute Gasteiger partial charge is 0.425 e. The van der Waals surface area contributed by atoms with Gasteiger partial charge in [-0.25, -0.2) is 4.39 Å². The standard InChI is InChI=1S/C11H10ClF6NO/c1-19-6-2-3-7(12)8(4-6)20-5-10(14,15)9(13)11(16,17)18/h2-4,9,19H,5H2,1H3. The minimum absolute atomic E-state index is 0.0813. The van der Waals surface area contributed by atoms with Crippen LogP contribution in [0.2, 0.25) is 5.02 Å². The van der Waals surface area contributed by atoms with Crippen LogP contribution in [-0.4, -0.2) is 31.9 Å². The number of anilines is 1. The number of hydrogen-bond donors (Lipinski definition) is 1. The van der Waals surface area contributed by atoms with Crippen LogP contribution in [0.5, 0.6) is 5.75 Å². The lowest BCUT2D eigenvalue weighted by molar-refractivity contribution is -0.250. The maximum Gasteiger partial charge on any atom is 0.425 e. The van der Waals surface area contributed by atoms with Crippen molar-refractivity contribution in [1.82, 2.24) is 0 Å². The van der Waals surface area contributed by atoms with Crippen LogP contribution >= 0.6 is 11.6 Å². The van der Waals surface area contributed by atoms with Gasteiger partial charge >= 0.3 is 12.1 Å². The third-order valence-corrected chi connectivity index (χ3v) is 2.61. The summed E-state index contributed by atoms with van der Waals surface area (Å²) in [6, 6.07) is 4.01. The van der Waals surface area contributed by atoms with E-state index < -0.39 is 24.9 Å². The van der Waals surface area contributed by atoms with Gasteiger partial charge in [-0.1, -0.05) is 11.6 Å². The zero-order chi connectivity index (χ0) is 15.6. The lowest BCUT2D eigenvalue weighted by atomic mass is 10.2. The number of halogens is 7. The Labute approximate surface area is 115 Å². The summed E-state index contributed by atoms with van der Waals surface area (Å²) in [5.41, 5.74) is 0.445. The van der Waals surface area contributed by atoms with Gasteiger partial charge in [0.15, 0.2) is 6.61 Å². The van der Waals surface area contributed by atoms with E-state index in [1.54, 1.807) is 0 Å². The highest BCUT2D eigenvalue weighted by Gasteiger charge is 2.57. The maximum absolute atomic E-state index is 13.0. The second-order valence-electron chi connectivity index (χ2n) is 3.85. The first kappa shape index (κ1) is 16.7. The van der Waals surface area contributed by atoms with E-state index in [1.165, 1.54) is 25.2 Å². The Bertz CT molecular complexity index is 465. The molecule has 1 aromatic carbocycles. The van der Waals surface area contributed by atoms with Crippen molar-refractivity contribution in [3.8, 4) is 5.75 Å². The van der Waals surface area contributed by atoms with Gasteiger partial charge in [0.05, 0.1) is 5.02 Å². The zero-order valence-corrected chi connectivity index (χ0v) is 10.8. The Hall–Kier alpha value is -1.31. The summed E-state index contributed by atoms with van der Waals surface area (Å²) in [6.45, 7) is -1.78. The maximum atomic E-state index is 13.0. The molecule has 2 nitrogen and oxygen atoms in total. The fourth-order valence-electron chi connectivity index (χ4n) is 1.26. The number of nitrogens with one attached hydrogen (secondary N) is 1. The van der Waals surface area contributed by atoms with Gasteiger partial charge in [0.25, 0.3) is 6.17 Å². The van der Waals surface area contributed by atoms with Crippen molar-refractivity contribution in [2.45, 2.75) is 18.3 Å². The Morgan fingerprint density at radius 2 is 1.85 bits per heavy atom. The Balaban J connectivity index is 2.80. The van der Waals surface area contributed by atoms with Crippen LogP contribution < -0.4 is 10.1 Å². The van der Waals surface area contributed by atoms with Crippen molar-refractivity contribution >= 4 is 17.3 Å². The van der Waals surface area contributed by atoms with E-state index in [4.69, 9.17) is 11.6 Å². The molecule has 0 bridgehead atoms. The summed E-state index contributed by atoms with van der Waals surface area (Å²) in [7, 11) is 1.53. The normalized spacial score (nSPS) is 14.0. The molecule has 114 valence electrons. The molecule has 0 radical (unpaired) electrons. The van der Waals surface area contributed by atoms with E-state index in [0.717, 1.165) is 0 Å². The predicted octanol–water partition coefficient (Wildman–Crippen LogP) is 4.30. The number of alkyl halides is 6. The second-order valence-corrected chi connectivity index (χ2v) is 4.26. The molecule has 0 aliphatic carbocycles. The quantitative estimate of drug-likeness (QED) is 0.817. The summed E-state index contributed by atoms with van der Waals surface area (Å²) in [6.07, 6.45) is -9.97. The monoisotopic (exact) mass is 321 g/mol. The average molecular weight is 322 g/mol. The van der Waals surface area contributed by atoms with E-state index in [0.29, 0.717) is 5.69 Å². The molecule has 0 aromatic heterocycles. The van der Waals surface area contributed by atoms with Crippen LogP contribution in [0.15, 0.2) is 18.2 Å². The molecule has 0 fully saturated rings. The van der Waals surface area contributed by atoms with Crippen LogP contribution in [0.4, 0.5) is 32.0 Å². The molecule has 1 N–H and O–H groups in total. The topological polar surface area (TPSA) is 21.3 Å². The van der Waals surface area contributed by atoms with Gasteiger partial charge in [-0.15, -0.1) is 0 Å². The summed E-state index contributed by atoms with van der Waals surface area (Å²) >= 11 is 5.64. The van der Waals surface area contributed by atoms with Crippen molar-refractivity contribution < 1.29 is 31.1 Å². The van der Waals surface area contributed by atoms with Gasteiger partial charge < -0.3 is 10.1 Å². The molecule has 0 aliphatic rings. The van der Waals surface area contributed by atoms with E-state index in [1.807, 2.05) is 0 Å². The summed E-state index contributed by atoms with van der Waals surface area (Å²) in [5.74, 6) is -4.98. The molecule has 0 saturated heterocycles. The third kappa shape index (κ3) is 4.09. The van der Waals surface area contributed by atoms with E-state index in [2.05, 4.69) is 10.1 Å². The zero-order valence-electron chi connectivity index (χ0n) is 10.1. The lowest BCUT2D eigenvalue weighted by Crippen LogP contribution is -2.45. The summed E-state index contributed by atoms with van der Waals surface area (Å²) < 4.78 is 79.0. The average Bonchev–Trinajstić information content (AvgIpc) is 2.36. The van der Waals surface area contributed by atoms with Gasteiger partial charge in [-0.05, 0) is 12.1 Å². The molecule has 20 heavy (non-hydrogen) atoms. The van der Waals surface area contributed by atoms with E-state index in [9.17, 15) is 26.3 Å². The van der Waals surface area contributed by atoms with Crippen LogP contribution in [0.3, 0.4) is 0 Å². The third-order valence-electron chi connectivity index (χ3n) is 2.30. The highest BCUT2D eigenvalue weighted by molar-refractivity contribution is 6.32. The summed E-state index contributed by atoms with van der Waals surface area (Å²) in [4.78, 5) is 0. The van der Waals surface area contributed by atoms with Crippen LogP contribution in [0.1, 0.15) is 0 Å². The lowest BCUT2D eigenvalue weighted by Gasteiger charge is -2.23. The molecule has 1 rings (SSSR count). The molecule has 0 amide bonds. The predicted molar refractivity (Wildman–Crippen MR) is 62.4 cm³/mol. The van der Waals surface area contributed by atoms with Gasteiger partial charge in [-0.2, -0.15) is 22.0 Å². The van der Waals surface area contributed by atoms with Crippen molar-refractivity contribution in [2.75, 3.05) is 19.0 Å². The van der Waals surface area contributed by atoms with E-state index >= 15 is 0 Å². The highest BCUT2D eigenvalue weighted by atomic mass is 35.5.